The van der Waals surface area contributed by atoms with Crippen molar-refractivity contribution < 1.29 is 13.9 Å². The van der Waals surface area contributed by atoms with Gasteiger partial charge in [0, 0.05) is 42.3 Å². The van der Waals surface area contributed by atoms with Crippen LogP contribution in [0.1, 0.15) is 40.6 Å². The second-order valence-electron chi connectivity index (χ2n) is 9.82. The van der Waals surface area contributed by atoms with Gasteiger partial charge in [-0.15, -0.1) is 0 Å². The molecule has 4 heterocycles. The van der Waals surface area contributed by atoms with E-state index in [2.05, 4.69) is 37.8 Å². The standard InChI is InChI=1S/C28H28FN7O2/c1-36-14-10-28(11-15-36,27-32-25(34-35-27)18-8-12-30-13-9-18)33-20-5-2-4-19(16-20)26(37)31-22-17-38-23-7-3-6-21(29)24(22)23/h2-9,12-13,16,22,33H,10-11,14-15,17H2,1H3,(H,31,37)(H,32,34,35)/t22-/m1/s1. The number of amides is 1. The summed E-state index contributed by atoms with van der Waals surface area (Å²) in [4.78, 5) is 24.4. The Hall–Kier alpha value is -4.31. The third kappa shape index (κ3) is 4.58. The number of piperidine rings is 1. The number of hydrogen-bond donors (Lipinski definition) is 3. The quantitative estimate of drug-likeness (QED) is 0.359. The van der Waals surface area contributed by atoms with E-state index in [0.717, 1.165) is 43.0 Å². The van der Waals surface area contributed by atoms with Crippen molar-refractivity contribution in [1.29, 1.82) is 0 Å². The van der Waals surface area contributed by atoms with Crippen LogP contribution in [0.15, 0.2) is 67.0 Å². The average Bonchev–Trinajstić information content (AvgIpc) is 3.60. The van der Waals surface area contributed by atoms with Gasteiger partial charge in [0.2, 0.25) is 0 Å². The number of H-pyrrole nitrogens is 1. The number of halogens is 1. The molecule has 2 aliphatic heterocycles. The molecule has 2 aliphatic rings. The number of hydrogen-bond acceptors (Lipinski definition) is 7. The molecule has 6 rings (SSSR count). The van der Waals surface area contributed by atoms with Crippen LogP contribution in [0.25, 0.3) is 11.4 Å². The highest BCUT2D eigenvalue weighted by molar-refractivity contribution is 5.95. The minimum atomic E-state index is -0.545. The van der Waals surface area contributed by atoms with Gasteiger partial charge in [0.25, 0.3) is 5.91 Å². The van der Waals surface area contributed by atoms with Crippen molar-refractivity contribution in [1.82, 2.24) is 30.4 Å². The molecule has 0 aliphatic carbocycles. The van der Waals surface area contributed by atoms with Gasteiger partial charge < -0.3 is 20.3 Å². The molecule has 0 bridgehead atoms. The maximum Gasteiger partial charge on any atom is 0.251 e. The van der Waals surface area contributed by atoms with Gasteiger partial charge in [-0.05, 0) is 62.4 Å². The number of nitrogens with zero attached hydrogens (tertiary/aromatic N) is 4. The fourth-order valence-electron chi connectivity index (χ4n) is 5.13. The van der Waals surface area contributed by atoms with Gasteiger partial charge in [-0.1, -0.05) is 12.1 Å². The predicted octanol–water partition coefficient (Wildman–Crippen LogP) is 3.90. The number of ether oxygens (including phenoxy) is 1. The zero-order valence-electron chi connectivity index (χ0n) is 20.9. The lowest BCUT2D eigenvalue weighted by Gasteiger charge is -2.40. The SMILES string of the molecule is CN1CCC(Nc2cccc(C(=O)N[C@@H]3COc4cccc(F)c43)c2)(c2nc(-c3ccncc3)n[nH]2)CC1. The monoisotopic (exact) mass is 513 g/mol. The number of fused-ring (bicyclic) bond motifs is 1. The highest BCUT2D eigenvalue weighted by atomic mass is 19.1. The number of rotatable bonds is 6. The zero-order valence-corrected chi connectivity index (χ0v) is 20.9. The van der Waals surface area contributed by atoms with Gasteiger partial charge in [-0.2, -0.15) is 5.10 Å². The summed E-state index contributed by atoms with van der Waals surface area (Å²) in [5, 5.41) is 14.2. The molecular weight excluding hydrogens is 485 g/mol. The normalized spacial score (nSPS) is 18.4. The fraction of sp³-hybridized carbons (Fsp3) is 0.286. The Balaban J connectivity index is 1.24. The largest absolute Gasteiger partial charge is 0.491 e. The van der Waals surface area contributed by atoms with Crippen molar-refractivity contribution in [2.24, 2.45) is 0 Å². The molecule has 4 aromatic rings. The first kappa shape index (κ1) is 24.1. The van der Waals surface area contributed by atoms with Gasteiger partial charge in [-0.3, -0.25) is 14.9 Å². The molecule has 1 atom stereocenters. The summed E-state index contributed by atoms with van der Waals surface area (Å²) in [5.41, 5.74) is 2.05. The molecule has 0 saturated carbocycles. The van der Waals surface area contributed by atoms with Crippen LogP contribution in [0.3, 0.4) is 0 Å². The lowest BCUT2D eigenvalue weighted by Crippen LogP contribution is -2.46. The predicted molar refractivity (Wildman–Crippen MR) is 140 cm³/mol. The molecule has 0 radical (unpaired) electrons. The molecule has 0 unspecified atom stereocenters. The van der Waals surface area contributed by atoms with Crippen molar-refractivity contribution in [3.05, 3.63) is 89.8 Å². The fourth-order valence-corrected chi connectivity index (χ4v) is 5.13. The highest BCUT2D eigenvalue weighted by Crippen LogP contribution is 2.36. The number of aromatic amines is 1. The summed E-state index contributed by atoms with van der Waals surface area (Å²) in [6, 6.07) is 15.2. The Labute approximate surface area is 219 Å². The molecule has 9 nitrogen and oxygen atoms in total. The Bertz CT molecular complexity index is 1450. The van der Waals surface area contributed by atoms with E-state index in [1.54, 1.807) is 30.6 Å². The van der Waals surface area contributed by atoms with Crippen molar-refractivity contribution in [2.45, 2.75) is 24.4 Å². The van der Waals surface area contributed by atoms with E-state index < -0.39 is 11.6 Å². The number of anilines is 1. The summed E-state index contributed by atoms with van der Waals surface area (Å²) < 4.78 is 20.0. The van der Waals surface area contributed by atoms with Crippen LogP contribution < -0.4 is 15.4 Å². The molecule has 1 saturated heterocycles. The van der Waals surface area contributed by atoms with E-state index in [-0.39, 0.29) is 18.3 Å². The van der Waals surface area contributed by atoms with E-state index in [4.69, 9.17) is 9.72 Å². The number of carbonyl (C=O) groups excluding carboxylic acids is 1. The number of pyridine rings is 1. The summed E-state index contributed by atoms with van der Waals surface area (Å²) in [5.74, 6) is 1.15. The van der Waals surface area contributed by atoms with Crippen LogP contribution >= 0.6 is 0 Å². The molecule has 0 spiro atoms. The first-order valence-electron chi connectivity index (χ1n) is 12.6. The molecule has 1 amide bonds. The molecule has 3 N–H and O–H groups in total. The molecule has 2 aromatic carbocycles. The number of likely N-dealkylation sites (tertiary alicyclic amines) is 1. The van der Waals surface area contributed by atoms with Crippen LogP contribution in [-0.2, 0) is 5.54 Å². The maximum atomic E-state index is 14.4. The number of aromatic nitrogens is 4. The molecule has 2 aromatic heterocycles. The highest BCUT2D eigenvalue weighted by Gasteiger charge is 2.39. The lowest BCUT2D eigenvalue weighted by atomic mass is 9.86. The topological polar surface area (TPSA) is 108 Å². The van der Waals surface area contributed by atoms with Gasteiger partial charge in [0.15, 0.2) is 11.6 Å². The number of nitrogens with one attached hydrogen (secondary N) is 3. The van der Waals surface area contributed by atoms with Gasteiger partial charge in [0.1, 0.15) is 18.2 Å². The Morgan fingerprint density at radius 2 is 1.92 bits per heavy atom. The van der Waals surface area contributed by atoms with E-state index in [1.165, 1.54) is 6.07 Å². The Morgan fingerprint density at radius 3 is 2.74 bits per heavy atom. The van der Waals surface area contributed by atoms with Gasteiger partial charge in [0.05, 0.1) is 17.1 Å². The van der Waals surface area contributed by atoms with E-state index in [9.17, 15) is 9.18 Å². The first-order chi connectivity index (χ1) is 18.5. The zero-order chi connectivity index (χ0) is 26.1. The second kappa shape index (κ2) is 9.86. The summed E-state index contributed by atoms with van der Waals surface area (Å²) >= 11 is 0. The van der Waals surface area contributed by atoms with Crippen LogP contribution in [0.5, 0.6) is 5.75 Å². The van der Waals surface area contributed by atoms with Crippen LogP contribution in [0.2, 0.25) is 0 Å². The molecule has 10 heteroatoms. The first-order valence-corrected chi connectivity index (χ1v) is 12.6. The van der Waals surface area contributed by atoms with Gasteiger partial charge in [-0.25, -0.2) is 9.37 Å². The minimum Gasteiger partial charge on any atom is -0.491 e. The molecule has 194 valence electrons. The van der Waals surface area contributed by atoms with Crippen molar-refractivity contribution in [3.8, 4) is 17.1 Å². The third-order valence-corrected chi connectivity index (χ3v) is 7.30. The Morgan fingerprint density at radius 1 is 1.13 bits per heavy atom. The molecular formula is C28H28FN7O2. The Kier molecular flexibility index (Phi) is 6.24. The van der Waals surface area contributed by atoms with Crippen LogP contribution in [-0.4, -0.2) is 57.7 Å². The summed E-state index contributed by atoms with van der Waals surface area (Å²) in [6.45, 7) is 1.96. The number of benzene rings is 2. The van der Waals surface area contributed by atoms with Crippen molar-refractivity contribution in [2.75, 3.05) is 32.1 Å². The molecule has 1 fully saturated rings. The average molecular weight is 514 g/mol. The summed E-state index contributed by atoms with van der Waals surface area (Å²) in [6.07, 6.45) is 5.05. The van der Waals surface area contributed by atoms with E-state index >= 15 is 0 Å². The van der Waals surface area contributed by atoms with E-state index in [0.29, 0.717) is 22.7 Å². The summed E-state index contributed by atoms with van der Waals surface area (Å²) in [7, 11) is 2.10. The van der Waals surface area contributed by atoms with E-state index in [1.807, 2.05) is 30.3 Å². The van der Waals surface area contributed by atoms with Crippen molar-refractivity contribution in [3.63, 3.8) is 0 Å². The molecule has 38 heavy (non-hydrogen) atoms. The smallest absolute Gasteiger partial charge is 0.251 e. The number of carbonyl (C=O) groups is 1. The van der Waals surface area contributed by atoms with Crippen molar-refractivity contribution >= 4 is 11.6 Å². The maximum absolute atomic E-state index is 14.4. The van der Waals surface area contributed by atoms with Crippen LogP contribution in [0, 0.1) is 5.82 Å². The third-order valence-electron chi connectivity index (χ3n) is 7.30. The minimum absolute atomic E-state index is 0.196. The van der Waals surface area contributed by atoms with Gasteiger partial charge >= 0.3 is 0 Å². The second-order valence-corrected chi connectivity index (χ2v) is 9.82. The van der Waals surface area contributed by atoms with Crippen LogP contribution in [0.4, 0.5) is 10.1 Å². The lowest BCUT2D eigenvalue weighted by molar-refractivity contribution is 0.0930.